The third kappa shape index (κ3) is 4.00. The lowest BCUT2D eigenvalue weighted by Crippen LogP contribution is -2.36. The molecule has 0 unspecified atom stereocenters. The summed E-state index contributed by atoms with van der Waals surface area (Å²) in [6.45, 7) is 3.03. The average molecular weight is 431 g/mol. The zero-order valence-electron chi connectivity index (χ0n) is 16.7. The van der Waals surface area contributed by atoms with Crippen LogP contribution in [0.25, 0.3) is 22.2 Å². The third-order valence-corrected chi connectivity index (χ3v) is 6.09. The number of thiazole rings is 1. The number of aromatic nitrogens is 3. The molecule has 0 amide bonds. The Balaban J connectivity index is 1.61. The quantitative estimate of drug-likeness (QED) is 0.452. The molecule has 5 nitrogen and oxygen atoms in total. The van der Waals surface area contributed by atoms with Gasteiger partial charge in [-0.05, 0) is 41.8 Å². The number of benzene rings is 2. The van der Waals surface area contributed by atoms with Crippen LogP contribution < -0.4 is 4.90 Å². The Morgan fingerprint density at radius 2 is 2.00 bits per heavy atom. The monoisotopic (exact) mass is 430 g/mol. The van der Waals surface area contributed by atoms with Crippen LogP contribution in [0.2, 0.25) is 0 Å². The standard InChI is InChI=1S/C24H19FN4OS/c1-2-22-27-21-15-17(29-8-10-30-11-9-29)4-5-18(21)24(28-22)19-13-16(3-6-20(19)25)14-23-26-7-12-31-23/h1,3-7,12-13,15H,8-11,14H2. The molecule has 2 aromatic heterocycles. The van der Waals surface area contributed by atoms with Gasteiger partial charge in [-0.2, -0.15) is 0 Å². The number of anilines is 1. The topological polar surface area (TPSA) is 51.1 Å². The predicted octanol–water partition coefficient (Wildman–Crippen LogP) is 4.30. The van der Waals surface area contributed by atoms with Crippen LogP contribution >= 0.6 is 11.3 Å². The van der Waals surface area contributed by atoms with Crippen molar-refractivity contribution < 1.29 is 9.13 Å². The number of hydrogen-bond acceptors (Lipinski definition) is 6. The van der Waals surface area contributed by atoms with Crippen molar-refractivity contribution in [2.24, 2.45) is 0 Å². The first-order valence-corrected chi connectivity index (χ1v) is 10.9. The van der Waals surface area contributed by atoms with E-state index in [2.05, 4.69) is 25.8 Å². The second-order valence-electron chi connectivity index (χ2n) is 7.26. The van der Waals surface area contributed by atoms with Gasteiger partial charge in [0.2, 0.25) is 5.82 Å². The number of fused-ring (bicyclic) bond motifs is 1. The van der Waals surface area contributed by atoms with Crippen molar-refractivity contribution in [1.82, 2.24) is 15.0 Å². The Labute approximate surface area is 183 Å². The van der Waals surface area contributed by atoms with Crippen molar-refractivity contribution in [3.8, 4) is 23.6 Å². The molecule has 7 heteroatoms. The van der Waals surface area contributed by atoms with Gasteiger partial charge in [-0.15, -0.1) is 17.8 Å². The van der Waals surface area contributed by atoms with E-state index in [1.54, 1.807) is 23.6 Å². The fourth-order valence-electron chi connectivity index (χ4n) is 3.78. The lowest BCUT2D eigenvalue weighted by Gasteiger charge is -2.29. The van der Waals surface area contributed by atoms with E-state index in [1.165, 1.54) is 6.07 Å². The molecule has 5 rings (SSSR count). The Bertz CT molecular complexity index is 1280. The molecule has 0 atom stereocenters. The number of terminal acetylenes is 1. The Kier molecular flexibility index (Phi) is 5.33. The molecule has 0 N–H and O–H groups in total. The average Bonchev–Trinajstić information content (AvgIpc) is 3.33. The van der Waals surface area contributed by atoms with Gasteiger partial charge in [0.05, 0.1) is 29.4 Å². The summed E-state index contributed by atoms with van der Waals surface area (Å²) in [5, 5.41) is 3.68. The van der Waals surface area contributed by atoms with Crippen LogP contribution in [0.5, 0.6) is 0 Å². The smallest absolute Gasteiger partial charge is 0.205 e. The lowest BCUT2D eigenvalue weighted by molar-refractivity contribution is 0.122. The van der Waals surface area contributed by atoms with Gasteiger partial charge in [0.1, 0.15) is 5.82 Å². The van der Waals surface area contributed by atoms with Crippen LogP contribution in [0, 0.1) is 18.2 Å². The minimum atomic E-state index is -0.344. The van der Waals surface area contributed by atoms with Crippen molar-refractivity contribution in [1.29, 1.82) is 0 Å². The van der Waals surface area contributed by atoms with Crippen molar-refractivity contribution >= 4 is 27.9 Å². The van der Waals surface area contributed by atoms with E-state index >= 15 is 0 Å². The molecule has 1 aliphatic heterocycles. The molecule has 0 saturated carbocycles. The number of halogens is 1. The summed E-state index contributed by atoms with van der Waals surface area (Å²) in [6, 6.07) is 11.0. The fraction of sp³-hybridized carbons (Fsp3) is 0.208. The highest BCUT2D eigenvalue weighted by atomic mass is 32.1. The van der Waals surface area contributed by atoms with E-state index in [4.69, 9.17) is 11.2 Å². The Hall–Kier alpha value is -3.34. The summed E-state index contributed by atoms with van der Waals surface area (Å²) >= 11 is 1.58. The number of nitrogens with zero attached hydrogens (tertiary/aromatic N) is 4. The van der Waals surface area contributed by atoms with E-state index in [1.807, 2.05) is 29.6 Å². The normalized spacial score (nSPS) is 14.0. The van der Waals surface area contributed by atoms with Gasteiger partial charge >= 0.3 is 0 Å². The van der Waals surface area contributed by atoms with E-state index in [9.17, 15) is 4.39 Å². The summed E-state index contributed by atoms with van der Waals surface area (Å²) in [6.07, 6.45) is 8.03. The lowest BCUT2D eigenvalue weighted by atomic mass is 10.0. The zero-order valence-corrected chi connectivity index (χ0v) is 17.5. The molecular formula is C24H19FN4OS. The molecule has 0 spiro atoms. The van der Waals surface area contributed by atoms with Crippen LogP contribution in [-0.4, -0.2) is 41.3 Å². The first-order chi connectivity index (χ1) is 15.2. The predicted molar refractivity (Wildman–Crippen MR) is 121 cm³/mol. The van der Waals surface area contributed by atoms with Crippen LogP contribution in [-0.2, 0) is 11.2 Å². The zero-order chi connectivity index (χ0) is 21.2. The van der Waals surface area contributed by atoms with Crippen LogP contribution in [0.4, 0.5) is 10.1 Å². The molecule has 0 radical (unpaired) electrons. The molecule has 0 aliphatic carbocycles. The van der Waals surface area contributed by atoms with Crippen LogP contribution in [0.15, 0.2) is 48.0 Å². The SMILES string of the molecule is C#Cc1nc(-c2cc(Cc3nccs3)ccc2F)c2ccc(N3CCOCC3)cc2n1. The summed E-state index contributed by atoms with van der Waals surface area (Å²) in [5.74, 6) is 2.41. The van der Waals surface area contributed by atoms with Gasteiger partial charge in [0.25, 0.3) is 0 Å². The van der Waals surface area contributed by atoms with E-state index < -0.39 is 0 Å². The maximum atomic E-state index is 14.9. The number of ether oxygens (including phenoxy) is 1. The van der Waals surface area contributed by atoms with Gasteiger partial charge in [-0.25, -0.2) is 19.3 Å². The summed E-state index contributed by atoms with van der Waals surface area (Å²) in [5.41, 5.74) is 3.63. The molecule has 31 heavy (non-hydrogen) atoms. The van der Waals surface area contributed by atoms with Crippen LogP contribution in [0.1, 0.15) is 16.4 Å². The first kappa shape index (κ1) is 19.6. The molecule has 4 aromatic rings. The molecule has 1 aliphatic rings. The maximum absolute atomic E-state index is 14.9. The summed E-state index contributed by atoms with van der Waals surface area (Å²) in [7, 11) is 0. The molecular weight excluding hydrogens is 411 g/mol. The van der Waals surface area contributed by atoms with Gasteiger partial charge in [0.15, 0.2) is 0 Å². The van der Waals surface area contributed by atoms with Gasteiger partial charge < -0.3 is 9.64 Å². The highest BCUT2D eigenvalue weighted by molar-refractivity contribution is 7.09. The van der Waals surface area contributed by atoms with Crippen molar-refractivity contribution in [2.75, 3.05) is 31.2 Å². The van der Waals surface area contributed by atoms with Crippen molar-refractivity contribution in [3.05, 3.63) is 70.2 Å². The first-order valence-electron chi connectivity index (χ1n) is 9.99. The number of hydrogen-bond donors (Lipinski definition) is 0. The fourth-order valence-corrected chi connectivity index (χ4v) is 4.44. The second kappa shape index (κ2) is 8.42. The highest BCUT2D eigenvalue weighted by Crippen LogP contribution is 2.32. The molecule has 1 saturated heterocycles. The molecule has 0 bridgehead atoms. The Morgan fingerprint density at radius 1 is 1.13 bits per heavy atom. The van der Waals surface area contributed by atoms with Gasteiger partial charge in [-0.3, -0.25) is 0 Å². The van der Waals surface area contributed by atoms with Gasteiger partial charge in [0, 0.05) is 47.7 Å². The van der Waals surface area contributed by atoms with Crippen LogP contribution in [0.3, 0.4) is 0 Å². The van der Waals surface area contributed by atoms with E-state index in [0.717, 1.165) is 34.7 Å². The van der Waals surface area contributed by atoms with E-state index in [0.29, 0.717) is 36.4 Å². The molecule has 154 valence electrons. The Morgan fingerprint density at radius 3 is 2.77 bits per heavy atom. The largest absolute Gasteiger partial charge is 0.378 e. The van der Waals surface area contributed by atoms with Crippen molar-refractivity contribution in [2.45, 2.75) is 6.42 Å². The molecule has 2 aromatic carbocycles. The number of morpholine rings is 1. The van der Waals surface area contributed by atoms with E-state index in [-0.39, 0.29) is 11.6 Å². The molecule has 3 heterocycles. The second-order valence-corrected chi connectivity index (χ2v) is 8.24. The third-order valence-electron chi connectivity index (χ3n) is 5.31. The number of rotatable bonds is 4. The van der Waals surface area contributed by atoms with Crippen molar-refractivity contribution in [3.63, 3.8) is 0 Å². The maximum Gasteiger partial charge on any atom is 0.205 e. The summed E-state index contributed by atoms with van der Waals surface area (Å²) in [4.78, 5) is 15.6. The highest BCUT2D eigenvalue weighted by Gasteiger charge is 2.17. The summed E-state index contributed by atoms with van der Waals surface area (Å²) < 4.78 is 20.4. The minimum Gasteiger partial charge on any atom is -0.378 e. The molecule has 1 fully saturated rings. The van der Waals surface area contributed by atoms with Gasteiger partial charge in [-0.1, -0.05) is 6.07 Å². The minimum absolute atomic E-state index is 0.242.